The summed E-state index contributed by atoms with van der Waals surface area (Å²) < 4.78 is 1.56. The van der Waals surface area contributed by atoms with E-state index in [0.29, 0.717) is 33.6 Å². The van der Waals surface area contributed by atoms with Gasteiger partial charge in [0.1, 0.15) is 5.75 Å². The number of anilines is 1. The molecule has 7 nitrogen and oxygen atoms in total. The third-order valence-corrected chi connectivity index (χ3v) is 4.76. The number of nitrogens with two attached hydrogens (primary N) is 2. The predicted octanol–water partition coefficient (Wildman–Crippen LogP) is 2.37. The summed E-state index contributed by atoms with van der Waals surface area (Å²) in [6, 6.07) is 5.07. The standard InChI is InChI=1S/C19H22N4O3/c1-8-5-6-14(25)9(2)15(8)18-17(20)16(19(21)26)13-7-12(11(4)24)10(3)22-23(13)18/h5-7,11,24-25H,20H2,1-4H3,(H2,21,26). The minimum atomic E-state index is -0.753. The van der Waals surface area contributed by atoms with Gasteiger partial charge in [-0.25, -0.2) is 4.52 Å². The molecule has 1 amide bonds. The molecule has 0 aliphatic rings. The monoisotopic (exact) mass is 354 g/mol. The average molecular weight is 354 g/mol. The maximum atomic E-state index is 12.1. The zero-order valence-corrected chi connectivity index (χ0v) is 15.2. The van der Waals surface area contributed by atoms with E-state index < -0.39 is 12.0 Å². The Morgan fingerprint density at radius 1 is 1.27 bits per heavy atom. The number of carbonyl (C=O) groups excluding carboxylic acids is 1. The van der Waals surface area contributed by atoms with Crippen LogP contribution in [0.3, 0.4) is 0 Å². The molecule has 26 heavy (non-hydrogen) atoms. The summed E-state index contributed by atoms with van der Waals surface area (Å²) in [7, 11) is 0. The number of aryl methyl sites for hydroxylation is 2. The van der Waals surface area contributed by atoms with Crippen LogP contribution in [0.15, 0.2) is 18.2 Å². The van der Waals surface area contributed by atoms with Gasteiger partial charge < -0.3 is 21.7 Å². The summed E-state index contributed by atoms with van der Waals surface area (Å²) in [5.41, 5.74) is 16.6. The molecular formula is C19H22N4O3. The Kier molecular flexibility index (Phi) is 4.12. The Labute approximate surface area is 150 Å². The van der Waals surface area contributed by atoms with Gasteiger partial charge in [0.05, 0.1) is 34.3 Å². The highest BCUT2D eigenvalue weighted by Gasteiger charge is 2.26. The van der Waals surface area contributed by atoms with Crippen molar-refractivity contribution in [2.75, 3.05) is 5.73 Å². The number of primary amides is 1. The zero-order chi connectivity index (χ0) is 19.3. The molecule has 3 aromatic rings. The van der Waals surface area contributed by atoms with Gasteiger partial charge in [-0.15, -0.1) is 0 Å². The Morgan fingerprint density at radius 2 is 1.92 bits per heavy atom. The smallest absolute Gasteiger partial charge is 0.253 e. The lowest BCUT2D eigenvalue weighted by molar-refractivity contribution is 0.100. The molecule has 0 aliphatic carbocycles. The minimum absolute atomic E-state index is 0.123. The van der Waals surface area contributed by atoms with E-state index in [2.05, 4.69) is 5.10 Å². The van der Waals surface area contributed by atoms with E-state index in [1.165, 1.54) is 0 Å². The van der Waals surface area contributed by atoms with Crippen LogP contribution in [0.5, 0.6) is 5.75 Å². The summed E-state index contributed by atoms with van der Waals surface area (Å²) in [5, 5.41) is 24.7. The van der Waals surface area contributed by atoms with Gasteiger partial charge >= 0.3 is 0 Å². The van der Waals surface area contributed by atoms with Gasteiger partial charge in [-0.2, -0.15) is 5.10 Å². The molecular weight excluding hydrogens is 332 g/mol. The van der Waals surface area contributed by atoms with Gasteiger partial charge in [0.25, 0.3) is 5.91 Å². The molecule has 6 N–H and O–H groups in total. The first-order valence-electron chi connectivity index (χ1n) is 8.24. The number of aliphatic hydroxyl groups is 1. The summed E-state index contributed by atoms with van der Waals surface area (Å²) in [5.74, 6) is -0.554. The van der Waals surface area contributed by atoms with Crippen LogP contribution in [0.4, 0.5) is 5.69 Å². The summed E-state index contributed by atoms with van der Waals surface area (Å²) >= 11 is 0. The van der Waals surface area contributed by atoms with Gasteiger partial charge in [0, 0.05) is 16.7 Å². The second kappa shape index (κ2) is 6.03. The highest BCUT2D eigenvalue weighted by molar-refractivity contribution is 6.09. The summed E-state index contributed by atoms with van der Waals surface area (Å²) in [6.45, 7) is 7.06. The van der Waals surface area contributed by atoms with Crippen molar-refractivity contribution < 1.29 is 15.0 Å². The number of carbonyl (C=O) groups is 1. The topological polar surface area (TPSA) is 127 Å². The lowest BCUT2D eigenvalue weighted by Crippen LogP contribution is -2.13. The second-order valence-corrected chi connectivity index (χ2v) is 6.56. The van der Waals surface area contributed by atoms with Crippen molar-refractivity contribution in [2.24, 2.45) is 5.73 Å². The minimum Gasteiger partial charge on any atom is -0.508 e. The number of fused-ring (bicyclic) bond motifs is 1. The van der Waals surface area contributed by atoms with Gasteiger partial charge in [0.15, 0.2) is 0 Å². The third kappa shape index (κ3) is 2.48. The SMILES string of the molecule is Cc1ccc(O)c(C)c1-c1c(N)c(C(N)=O)c2cc(C(C)O)c(C)nn12. The van der Waals surface area contributed by atoms with Crippen LogP contribution in [0.1, 0.15) is 45.8 Å². The number of aromatic nitrogens is 2. The Hall–Kier alpha value is -3.06. The normalized spacial score (nSPS) is 12.5. The molecule has 1 atom stereocenters. The number of benzene rings is 1. The fourth-order valence-corrected chi connectivity index (χ4v) is 3.42. The first-order valence-corrected chi connectivity index (χ1v) is 8.24. The third-order valence-electron chi connectivity index (χ3n) is 4.76. The number of aliphatic hydroxyl groups excluding tert-OH is 1. The molecule has 0 fully saturated rings. The molecule has 1 unspecified atom stereocenters. The predicted molar refractivity (Wildman–Crippen MR) is 100 cm³/mol. The van der Waals surface area contributed by atoms with Crippen LogP contribution in [0, 0.1) is 20.8 Å². The van der Waals surface area contributed by atoms with Crippen LogP contribution < -0.4 is 11.5 Å². The van der Waals surface area contributed by atoms with Crippen LogP contribution in [0.2, 0.25) is 0 Å². The molecule has 2 heterocycles. The first kappa shape index (κ1) is 17.8. The number of rotatable bonds is 3. The fourth-order valence-electron chi connectivity index (χ4n) is 3.42. The van der Waals surface area contributed by atoms with Gasteiger partial charge in [-0.05, 0) is 45.4 Å². The number of nitrogen functional groups attached to an aromatic ring is 1. The maximum Gasteiger partial charge on any atom is 0.253 e. The number of phenolic OH excluding ortho intramolecular Hbond substituents is 1. The molecule has 2 aromatic heterocycles. The lowest BCUT2D eigenvalue weighted by Gasteiger charge is -2.14. The van der Waals surface area contributed by atoms with Crippen molar-refractivity contribution in [2.45, 2.75) is 33.8 Å². The first-order chi connectivity index (χ1) is 12.1. The molecule has 1 aromatic carbocycles. The van der Waals surface area contributed by atoms with Crippen LogP contribution in [0.25, 0.3) is 16.8 Å². The molecule has 0 radical (unpaired) electrons. The number of amides is 1. The van der Waals surface area contributed by atoms with Crippen LogP contribution in [-0.2, 0) is 0 Å². The zero-order valence-electron chi connectivity index (χ0n) is 15.2. The number of hydrogen-bond donors (Lipinski definition) is 4. The molecule has 136 valence electrons. The van der Waals surface area contributed by atoms with E-state index in [4.69, 9.17) is 11.5 Å². The lowest BCUT2D eigenvalue weighted by atomic mass is 9.98. The average Bonchev–Trinajstić information content (AvgIpc) is 2.82. The molecule has 0 bridgehead atoms. The number of nitrogens with zero attached hydrogens (tertiary/aromatic N) is 2. The van der Waals surface area contributed by atoms with E-state index in [-0.39, 0.29) is 17.0 Å². The molecule has 3 rings (SSSR count). The largest absolute Gasteiger partial charge is 0.508 e. The summed E-state index contributed by atoms with van der Waals surface area (Å²) in [4.78, 5) is 12.1. The van der Waals surface area contributed by atoms with E-state index in [1.54, 1.807) is 43.5 Å². The highest BCUT2D eigenvalue weighted by Crippen LogP contribution is 2.40. The molecule has 0 spiro atoms. The Balaban J connectivity index is 2.52. The van der Waals surface area contributed by atoms with Crippen molar-refractivity contribution in [3.05, 3.63) is 46.1 Å². The van der Waals surface area contributed by atoms with E-state index >= 15 is 0 Å². The molecule has 0 saturated carbocycles. The van der Waals surface area contributed by atoms with Crippen molar-refractivity contribution in [3.63, 3.8) is 0 Å². The number of hydrogen-bond acceptors (Lipinski definition) is 5. The Bertz CT molecular complexity index is 1050. The quantitative estimate of drug-likeness (QED) is 0.574. The fraction of sp³-hybridized carbons (Fsp3) is 0.263. The van der Waals surface area contributed by atoms with Crippen LogP contribution >= 0.6 is 0 Å². The van der Waals surface area contributed by atoms with Crippen LogP contribution in [-0.4, -0.2) is 25.7 Å². The van der Waals surface area contributed by atoms with Crippen molar-refractivity contribution >= 4 is 17.1 Å². The summed E-state index contributed by atoms with van der Waals surface area (Å²) in [6.07, 6.45) is -0.753. The maximum absolute atomic E-state index is 12.1. The van der Waals surface area contributed by atoms with E-state index in [0.717, 1.165) is 5.56 Å². The number of aromatic hydroxyl groups is 1. The van der Waals surface area contributed by atoms with Crippen molar-refractivity contribution in [3.8, 4) is 17.0 Å². The van der Waals surface area contributed by atoms with E-state index in [1.807, 2.05) is 6.92 Å². The molecule has 0 saturated heterocycles. The Morgan fingerprint density at radius 3 is 2.50 bits per heavy atom. The number of phenols is 1. The highest BCUT2D eigenvalue weighted by atomic mass is 16.3. The van der Waals surface area contributed by atoms with Crippen molar-refractivity contribution in [1.82, 2.24) is 9.61 Å². The van der Waals surface area contributed by atoms with E-state index in [9.17, 15) is 15.0 Å². The van der Waals surface area contributed by atoms with Gasteiger partial charge in [0.2, 0.25) is 0 Å². The van der Waals surface area contributed by atoms with Gasteiger partial charge in [-0.3, -0.25) is 4.79 Å². The molecule has 7 heteroatoms. The second-order valence-electron chi connectivity index (χ2n) is 6.56. The molecule has 0 aliphatic heterocycles. The van der Waals surface area contributed by atoms with Crippen molar-refractivity contribution in [1.29, 1.82) is 0 Å². The van der Waals surface area contributed by atoms with Gasteiger partial charge in [-0.1, -0.05) is 6.07 Å².